The Balaban J connectivity index is 1.39. The molecule has 1 aliphatic heterocycles. The van der Waals surface area contributed by atoms with Crippen LogP contribution in [0, 0.1) is 17.6 Å². The molecule has 0 spiro atoms. The van der Waals surface area contributed by atoms with Crippen LogP contribution in [0.1, 0.15) is 36.6 Å². The number of aryl methyl sites for hydroxylation is 1. The second-order valence-corrected chi connectivity index (χ2v) is 7.96. The molecule has 0 unspecified atom stereocenters. The van der Waals surface area contributed by atoms with E-state index < -0.39 is 11.6 Å². The van der Waals surface area contributed by atoms with Crippen LogP contribution in [0.15, 0.2) is 30.6 Å². The number of rotatable bonds is 7. The molecule has 1 aromatic heterocycles. The number of carbonyl (C=O) groups excluding carboxylic acids is 1. The normalized spacial score (nSPS) is 22.5. The molecule has 28 heavy (non-hydrogen) atoms. The average molecular weight is 388 g/mol. The van der Waals surface area contributed by atoms with Gasteiger partial charge in [-0.25, -0.2) is 13.8 Å². The minimum absolute atomic E-state index is 0.0133. The Bertz CT molecular complexity index is 828. The Hall–Kier alpha value is -2.28. The van der Waals surface area contributed by atoms with Gasteiger partial charge in [-0.15, -0.1) is 0 Å². The first-order valence-electron chi connectivity index (χ1n) is 9.95. The summed E-state index contributed by atoms with van der Waals surface area (Å²) in [6, 6.07) is 4.00. The lowest BCUT2D eigenvalue weighted by atomic mass is 10.0. The summed E-state index contributed by atoms with van der Waals surface area (Å²) in [4.78, 5) is 19.0. The molecule has 4 rings (SSSR count). The quantitative estimate of drug-likeness (QED) is 0.793. The number of carbonyl (C=O) groups is 1. The number of nitrogens with zero attached hydrogens (tertiary/aromatic N) is 3. The van der Waals surface area contributed by atoms with E-state index in [4.69, 9.17) is 0 Å². The number of amides is 1. The fourth-order valence-corrected chi connectivity index (χ4v) is 4.11. The van der Waals surface area contributed by atoms with Crippen molar-refractivity contribution in [2.45, 2.75) is 37.6 Å². The highest BCUT2D eigenvalue weighted by Gasteiger charge is 2.39. The van der Waals surface area contributed by atoms with Crippen LogP contribution >= 0.6 is 0 Å². The molecular formula is C21H26F2N4O. The van der Waals surface area contributed by atoms with Gasteiger partial charge in [0, 0.05) is 44.0 Å². The van der Waals surface area contributed by atoms with Gasteiger partial charge in [-0.2, -0.15) is 0 Å². The van der Waals surface area contributed by atoms with Gasteiger partial charge >= 0.3 is 0 Å². The predicted octanol–water partition coefficient (Wildman–Crippen LogP) is 2.63. The summed E-state index contributed by atoms with van der Waals surface area (Å²) >= 11 is 0. The zero-order valence-electron chi connectivity index (χ0n) is 16.1. The van der Waals surface area contributed by atoms with Crippen LogP contribution in [-0.4, -0.2) is 46.0 Å². The lowest BCUT2D eigenvalue weighted by molar-refractivity contribution is -0.123. The largest absolute Gasteiger partial charge is 0.351 e. The standard InChI is InChI=1S/C21H26F2N4O/c1-26-11-9-24-20(26)16-12-27(13-19(16)25-21(28)14-7-8-14)10-3-4-15-17(22)5-2-6-18(15)23/h2,5-6,9,11,14,16,19H,3-4,7-8,10,12-13H2,1H3,(H,25,28)/t16-,19-/m1/s1. The molecule has 150 valence electrons. The van der Waals surface area contributed by atoms with Gasteiger partial charge in [0.15, 0.2) is 0 Å². The first-order valence-corrected chi connectivity index (χ1v) is 9.95. The van der Waals surface area contributed by atoms with Crippen LogP contribution in [0.3, 0.4) is 0 Å². The predicted molar refractivity (Wildman–Crippen MR) is 102 cm³/mol. The minimum atomic E-state index is -0.484. The van der Waals surface area contributed by atoms with Gasteiger partial charge in [-0.1, -0.05) is 6.07 Å². The third kappa shape index (κ3) is 4.09. The van der Waals surface area contributed by atoms with E-state index in [1.807, 2.05) is 17.8 Å². The van der Waals surface area contributed by atoms with Crippen molar-refractivity contribution in [1.82, 2.24) is 19.8 Å². The van der Waals surface area contributed by atoms with Crippen molar-refractivity contribution >= 4 is 5.91 Å². The molecule has 1 saturated carbocycles. The molecule has 2 fully saturated rings. The SMILES string of the molecule is Cn1ccnc1[C@@H]1CN(CCCc2c(F)cccc2F)C[C@H]1NC(=O)C1CC1. The minimum Gasteiger partial charge on any atom is -0.351 e. The molecule has 1 N–H and O–H groups in total. The van der Waals surface area contributed by atoms with Gasteiger partial charge in [0.05, 0.1) is 12.0 Å². The molecular weight excluding hydrogens is 362 g/mol. The van der Waals surface area contributed by atoms with Gasteiger partial charge in [0.2, 0.25) is 5.91 Å². The lowest BCUT2D eigenvalue weighted by Crippen LogP contribution is -2.41. The Morgan fingerprint density at radius 2 is 2.00 bits per heavy atom. The molecule has 2 aliphatic rings. The smallest absolute Gasteiger partial charge is 0.223 e. The van der Waals surface area contributed by atoms with E-state index in [0.29, 0.717) is 12.8 Å². The monoisotopic (exact) mass is 388 g/mol. The number of likely N-dealkylation sites (tertiary alicyclic amines) is 1. The number of hydrogen-bond donors (Lipinski definition) is 1. The van der Waals surface area contributed by atoms with Crippen molar-refractivity contribution < 1.29 is 13.6 Å². The Morgan fingerprint density at radius 1 is 1.25 bits per heavy atom. The molecule has 1 aromatic carbocycles. The molecule has 7 heteroatoms. The highest BCUT2D eigenvalue weighted by molar-refractivity contribution is 5.81. The van der Waals surface area contributed by atoms with E-state index in [-0.39, 0.29) is 29.3 Å². The first kappa shape index (κ1) is 19.1. The van der Waals surface area contributed by atoms with Crippen LogP contribution in [-0.2, 0) is 18.3 Å². The van der Waals surface area contributed by atoms with E-state index >= 15 is 0 Å². The summed E-state index contributed by atoms with van der Waals surface area (Å²) in [5, 5.41) is 3.21. The first-order chi connectivity index (χ1) is 13.5. The van der Waals surface area contributed by atoms with Crippen LogP contribution in [0.2, 0.25) is 0 Å². The van der Waals surface area contributed by atoms with Crippen molar-refractivity contribution in [2.24, 2.45) is 13.0 Å². The molecule has 5 nitrogen and oxygen atoms in total. The summed E-state index contributed by atoms with van der Waals surface area (Å²) in [5.41, 5.74) is 0.154. The van der Waals surface area contributed by atoms with E-state index in [0.717, 1.165) is 38.3 Å². The van der Waals surface area contributed by atoms with Crippen LogP contribution in [0.5, 0.6) is 0 Å². The second kappa shape index (κ2) is 7.99. The van der Waals surface area contributed by atoms with Crippen molar-refractivity contribution in [2.75, 3.05) is 19.6 Å². The molecule has 2 atom stereocenters. The molecule has 2 aromatic rings. The summed E-state index contributed by atoms with van der Waals surface area (Å²) < 4.78 is 29.6. The molecule has 1 saturated heterocycles. The maximum Gasteiger partial charge on any atom is 0.223 e. The molecule has 2 heterocycles. The van der Waals surface area contributed by atoms with E-state index in [9.17, 15) is 13.6 Å². The number of aromatic nitrogens is 2. The summed E-state index contributed by atoms with van der Waals surface area (Å²) in [6.07, 6.45) is 6.67. The average Bonchev–Trinajstić information content (AvgIpc) is 3.32. The van der Waals surface area contributed by atoms with E-state index in [1.54, 1.807) is 6.20 Å². The maximum atomic E-state index is 13.8. The van der Waals surface area contributed by atoms with Crippen molar-refractivity contribution in [3.05, 3.63) is 53.6 Å². The Labute approximate surface area is 163 Å². The van der Waals surface area contributed by atoms with Crippen LogP contribution in [0.25, 0.3) is 0 Å². The summed E-state index contributed by atoms with van der Waals surface area (Å²) in [7, 11) is 1.96. The van der Waals surface area contributed by atoms with Gasteiger partial charge in [0.25, 0.3) is 0 Å². The highest BCUT2D eigenvalue weighted by Crippen LogP contribution is 2.31. The zero-order chi connectivity index (χ0) is 19.7. The van der Waals surface area contributed by atoms with Gasteiger partial charge < -0.3 is 14.8 Å². The van der Waals surface area contributed by atoms with E-state index in [2.05, 4.69) is 15.2 Å². The van der Waals surface area contributed by atoms with Gasteiger partial charge in [-0.05, 0) is 44.4 Å². The molecule has 0 bridgehead atoms. The molecule has 0 radical (unpaired) electrons. The molecule has 1 aliphatic carbocycles. The number of imidazole rings is 1. The Morgan fingerprint density at radius 3 is 2.64 bits per heavy atom. The number of hydrogen-bond acceptors (Lipinski definition) is 3. The number of halogens is 2. The summed E-state index contributed by atoms with van der Waals surface area (Å²) in [5.74, 6) is 0.417. The van der Waals surface area contributed by atoms with Crippen LogP contribution < -0.4 is 5.32 Å². The lowest BCUT2D eigenvalue weighted by Gasteiger charge is -2.19. The van der Waals surface area contributed by atoms with Crippen molar-refractivity contribution in [3.8, 4) is 0 Å². The third-order valence-corrected chi connectivity index (χ3v) is 5.82. The second-order valence-electron chi connectivity index (χ2n) is 7.96. The van der Waals surface area contributed by atoms with E-state index in [1.165, 1.54) is 18.2 Å². The highest BCUT2D eigenvalue weighted by atomic mass is 19.1. The fourth-order valence-electron chi connectivity index (χ4n) is 4.11. The number of benzene rings is 1. The third-order valence-electron chi connectivity index (χ3n) is 5.82. The Kier molecular flexibility index (Phi) is 5.44. The van der Waals surface area contributed by atoms with Crippen LogP contribution in [0.4, 0.5) is 8.78 Å². The fraction of sp³-hybridized carbons (Fsp3) is 0.524. The van der Waals surface area contributed by atoms with Crippen molar-refractivity contribution in [3.63, 3.8) is 0 Å². The van der Waals surface area contributed by atoms with Gasteiger partial charge in [0.1, 0.15) is 17.5 Å². The maximum absolute atomic E-state index is 13.8. The topological polar surface area (TPSA) is 50.2 Å². The number of nitrogens with one attached hydrogen (secondary N) is 1. The molecule has 1 amide bonds. The van der Waals surface area contributed by atoms with Gasteiger partial charge in [-0.3, -0.25) is 4.79 Å². The zero-order valence-corrected chi connectivity index (χ0v) is 16.1. The summed E-state index contributed by atoms with van der Waals surface area (Å²) in [6.45, 7) is 2.24. The van der Waals surface area contributed by atoms with Crippen molar-refractivity contribution in [1.29, 1.82) is 0 Å².